The number of fused-ring (bicyclic) bond motifs is 3. The number of nitrogens with zero attached hydrogens (tertiary/aromatic N) is 2. The fraction of sp³-hybridized carbons (Fsp3) is 0.294. The van der Waals surface area contributed by atoms with Crippen LogP contribution in [-0.2, 0) is 0 Å². The van der Waals surface area contributed by atoms with Crippen molar-refractivity contribution in [3.63, 3.8) is 0 Å². The third kappa shape index (κ3) is 2.46. The first-order valence-corrected chi connectivity index (χ1v) is 8.53. The zero-order valence-corrected chi connectivity index (χ0v) is 14.4. The van der Waals surface area contributed by atoms with E-state index in [0.29, 0.717) is 18.2 Å². The third-order valence-electron chi connectivity index (χ3n) is 3.83. The Balaban J connectivity index is 2.24. The van der Waals surface area contributed by atoms with E-state index in [1.165, 1.54) is 16.9 Å². The van der Waals surface area contributed by atoms with Gasteiger partial charge >= 0.3 is 0 Å². The van der Waals surface area contributed by atoms with Gasteiger partial charge in [-0.2, -0.15) is 0 Å². The highest BCUT2D eigenvalue weighted by Gasteiger charge is 2.18. The van der Waals surface area contributed by atoms with Crippen LogP contribution in [0.2, 0.25) is 5.15 Å². The van der Waals surface area contributed by atoms with Crippen LogP contribution in [0.5, 0.6) is 0 Å². The smallest absolute Gasteiger partial charge is 0.263 e. The monoisotopic (exact) mass is 332 g/mol. The Hall–Kier alpha value is -1.65. The van der Waals surface area contributed by atoms with Gasteiger partial charge in [0.1, 0.15) is 5.15 Å². The highest BCUT2D eigenvalue weighted by atomic mass is 35.5. The van der Waals surface area contributed by atoms with E-state index < -0.39 is 0 Å². The van der Waals surface area contributed by atoms with E-state index in [-0.39, 0.29) is 5.91 Å². The highest BCUT2D eigenvalue weighted by molar-refractivity contribution is 7.21. The summed E-state index contributed by atoms with van der Waals surface area (Å²) < 4.78 is 1.04. The molecule has 5 heteroatoms. The van der Waals surface area contributed by atoms with Gasteiger partial charge in [-0.25, -0.2) is 4.98 Å². The molecule has 2 aromatic heterocycles. The van der Waals surface area contributed by atoms with Gasteiger partial charge in [0.15, 0.2) is 0 Å². The first-order valence-electron chi connectivity index (χ1n) is 7.33. The lowest BCUT2D eigenvalue weighted by molar-refractivity contribution is 0.0778. The lowest BCUT2D eigenvalue weighted by Gasteiger charge is -2.17. The first kappa shape index (κ1) is 15.3. The Morgan fingerprint density at radius 3 is 2.64 bits per heavy atom. The fourth-order valence-corrected chi connectivity index (χ4v) is 4.06. The van der Waals surface area contributed by atoms with Gasteiger partial charge in [0.05, 0.1) is 10.4 Å². The number of carbonyl (C=O) groups excluding carboxylic acids is 1. The Labute approximate surface area is 138 Å². The molecule has 0 fully saturated rings. The van der Waals surface area contributed by atoms with Gasteiger partial charge < -0.3 is 4.90 Å². The molecule has 0 aliphatic heterocycles. The first-order chi connectivity index (χ1) is 10.5. The molecular formula is C17H17ClN2OS. The molecule has 3 nitrogen and oxygen atoms in total. The molecule has 114 valence electrons. The van der Waals surface area contributed by atoms with Crippen LogP contribution in [-0.4, -0.2) is 28.9 Å². The number of halogens is 1. The number of aromatic nitrogens is 1. The fourth-order valence-electron chi connectivity index (χ4n) is 2.61. The maximum atomic E-state index is 12.6. The summed E-state index contributed by atoms with van der Waals surface area (Å²) >= 11 is 7.81. The topological polar surface area (TPSA) is 33.2 Å². The minimum Gasteiger partial charge on any atom is -0.339 e. The standard InChI is InChI=1S/C17H17ClN2OS/c1-4-20(5-2)17(21)14-9-12-15(22-14)11-8-10(3)6-7-13(11)19-16(12)18/h6-9H,4-5H2,1-3H3. The van der Waals surface area contributed by atoms with E-state index in [9.17, 15) is 4.79 Å². The van der Waals surface area contributed by atoms with Crippen LogP contribution in [0.15, 0.2) is 24.3 Å². The largest absolute Gasteiger partial charge is 0.339 e. The van der Waals surface area contributed by atoms with Gasteiger partial charge in [-0.05, 0) is 39.0 Å². The Morgan fingerprint density at radius 2 is 1.95 bits per heavy atom. The van der Waals surface area contributed by atoms with E-state index in [1.807, 2.05) is 36.9 Å². The highest BCUT2D eigenvalue weighted by Crippen LogP contribution is 2.36. The molecule has 3 rings (SSSR count). The van der Waals surface area contributed by atoms with Gasteiger partial charge in [0.25, 0.3) is 5.91 Å². The number of amides is 1. The van der Waals surface area contributed by atoms with E-state index >= 15 is 0 Å². The average Bonchev–Trinajstić information content (AvgIpc) is 2.95. The normalized spacial score (nSPS) is 11.3. The van der Waals surface area contributed by atoms with Crippen molar-refractivity contribution in [2.75, 3.05) is 13.1 Å². The molecule has 3 aromatic rings. The third-order valence-corrected chi connectivity index (χ3v) is 5.28. The van der Waals surface area contributed by atoms with E-state index in [4.69, 9.17) is 11.6 Å². The lowest BCUT2D eigenvalue weighted by Crippen LogP contribution is -2.29. The number of rotatable bonds is 3. The van der Waals surface area contributed by atoms with E-state index in [1.54, 1.807) is 0 Å². The molecule has 0 saturated heterocycles. The summed E-state index contributed by atoms with van der Waals surface area (Å²) in [7, 11) is 0. The summed E-state index contributed by atoms with van der Waals surface area (Å²) in [6, 6.07) is 7.97. The molecule has 0 spiro atoms. The molecule has 0 saturated carbocycles. The Morgan fingerprint density at radius 1 is 1.23 bits per heavy atom. The molecular weight excluding hydrogens is 316 g/mol. The predicted octanol–water partition coefficient (Wildman–Crippen LogP) is 4.89. The lowest BCUT2D eigenvalue weighted by atomic mass is 10.1. The number of thiophene rings is 1. The zero-order chi connectivity index (χ0) is 15.9. The molecule has 0 unspecified atom stereocenters. The van der Waals surface area contributed by atoms with Crippen LogP contribution in [0, 0.1) is 6.92 Å². The van der Waals surface area contributed by atoms with Gasteiger partial charge in [-0.15, -0.1) is 11.3 Å². The second-order valence-corrected chi connectivity index (χ2v) is 6.66. The van der Waals surface area contributed by atoms with Crippen molar-refractivity contribution in [1.29, 1.82) is 0 Å². The van der Waals surface area contributed by atoms with Crippen molar-refractivity contribution in [2.45, 2.75) is 20.8 Å². The predicted molar refractivity (Wildman–Crippen MR) is 94.1 cm³/mol. The van der Waals surface area contributed by atoms with E-state index in [2.05, 4.69) is 18.0 Å². The molecule has 2 heterocycles. The second-order valence-electron chi connectivity index (χ2n) is 5.25. The Kier molecular flexibility index (Phi) is 4.06. The maximum Gasteiger partial charge on any atom is 0.263 e. The van der Waals surface area contributed by atoms with Crippen molar-refractivity contribution >= 4 is 49.8 Å². The van der Waals surface area contributed by atoms with Crippen molar-refractivity contribution < 1.29 is 4.79 Å². The molecule has 1 aromatic carbocycles. The maximum absolute atomic E-state index is 12.6. The number of benzene rings is 1. The van der Waals surface area contributed by atoms with Crippen molar-refractivity contribution in [3.05, 3.63) is 39.9 Å². The minimum absolute atomic E-state index is 0.0584. The number of hydrogen-bond acceptors (Lipinski definition) is 3. The van der Waals surface area contributed by atoms with Gasteiger partial charge in [0, 0.05) is 28.6 Å². The molecule has 0 atom stereocenters. The van der Waals surface area contributed by atoms with Crippen LogP contribution in [0.4, 0.5) is 0 Å². The summed E-state index contributed by atoms with van der Waals surface area (Å²) in [5, 5.41) is 2.38. The number of aryl methyl sites for hydroxylation is 1. The molecule has 1 amide bonds. The Bertz CT molecular complexity index is 868. The second kappa shape index (κ2) is 5.86. The van der Waals surface area contributed by atoms with Crippen LogP contribution >= 0.6 is 22.9 Å². The van der Waals surface area contributed by atoms with Gasteiger partial charge in [-0.3, -0.25) is 4.79 Å². The molecule has 0 aliphatic carbocycles. The number of hydrogen-bond donors (Lipinski definition) is 0. The number of carbonyl (C=O) groups is 1. The van der Waals surface area contributed by atoms with Crippen LogP contribution < -0.4 is 0 Å². The minimum atomic E-state index is 0.0584. The molecule has 22 heavy (non-hydrogen) atoms. The van der Waals surface area contributed by atoms with Gasteiger partial charge in [0.2, 0.25) is 0 Å². The zero-order valence-electron chi connectivity index (χ0n) is 12.8. The van der Waals surface area contributed by atoms with Gasteiger partial charge in [-0.1, -0.05) is 23.2 Å². The summed E-state index contributed by atoms with van der Waals surface area (Å²) in [6.45, 7) is 7.43. The summed E-state index contributed by atoms with van der Waals surface area (Å²) in [5.41, 5.74) is 2.04. The molecule has 0 bridgehead atoms. The van der Waals surface area contributed by atoms with E-state index in [0.717, 1.165) is 25.9 Å². The summed E-state index contributed by atoms with van der Waals surface area (Å²) in [4.78, 5) is 19.6. The summed E-state index contributed by atoms with van der Waals surface area (Å²) in [5.74, 6) is 0.0584. The quantitative estimate of drug-likeness (QED) is 0.639. The average molecular weight is 333 g/mol. The van der Waals surface area contributed by atoms with Crippen molar-refractivity contribution in [1.82, 2.24) is 9.88 Å². The molecule has 0 aliphatic rings. The van der Waals surface area contributed by atoms with Crippen LogP contribution in [0.1, 0.15) is 29.1 Å². The molecule has 0 N–H and O–H groups in total. The van der Waals surface area contributed by atoms with Crippen molar-refractivity contribution in [2.24, 2.45) is 0 Å². The van der Waals surface area contributed by atoms with Crippen LogP contribution in [0.3, 0.4) is 0 Å². The number of pyridine rings is 1. The van der Waals surface area contributed by atoms with Crippen LogP contribution in [0.25, 0.3) is 21.0 Å². The summed E-state index contributed by atoms with van der Waals surface area (Å²) in [6.07, 6.45) is 0. The SMILES string of the molecule is CCN(CC)C(=O)c1cc2c(Cl)nc3ccc(C)cc3c2s1. The van der Waals surface area contributed by atoms with Crippen molar-refractivity contribution in [3.8, 4) is 0 Å². The molecule has 0 radical (unpaired) electrons.